The van der Waals surface area contributed by atoms with Crippen molar-refractivity contribution in [3.05, 3.63) is 29.8 Å². The minimum atomic E-state index is -0.298. The lowest BCUT2D eigenvalue weighted by Crippen LogP contribution is -2.46. The van der Waals surface area contributed by atoms with Crippen molar-refractivity contribution in [2.45, 2.75) is 19.0 Å². The van der Waals surface area contributed by atoms with Gasteiger partial charge in [-0.3, -0.25) is 4.98 Å². The molecule has 1 fully saturated rings. The Hall–Kier alpha value is -1.00. The van der Waals surface area contributed by atoms with Gasteiger partial charge < -0.3 is 10.1 Å². The van der Waals surface area contributed by atoms with Gasteiger partial charge in [-0.15, -0.1) is 0 Å². The minimum absolute atomic E-state index is 0.143. The first-order valence-corrected chi connectivity index (χ1v) is 4.71. The van der Waals surface area contributed by atoms with E-state index in [0.29, 0.717) is 6.04 Å². The summed E-state index contributed by atoms with van der Waals surface area (Å²) < 4.78 is 17.6. The molecule has 14 heavy (non-hydrogen) atoms. The van der Waals surface area contributed by atoms with Gasteiger partial charge in [-0.2, -0.15) is 0 Å². The van der Waals surface area contributed by atoms with Gasteiger partial charge in [-0.1, -0.05) is 0 Å². The third kappa shape index (κ3) is 2.08. The SMILES string of the molecule is CC(NC1COC1)c1ccc(F)cn1. The molecule has 0 saturated carbocycles. The maximum absolute atomic E-state index is 12.6. The van der Waals surface area contributed by atoms with E-state index in [-0.39, 0.29) is 11.9 Å². The van der Waals surface area contributed by atoms with E-state index in [4.69, 9.17) is 4.74 Å². The summed E-state index contributed by atoms with van der Waals surface area (Å²) in [5, 5.41) is 3.34. The Bertz CT molecular complexity index is 297. The van der Waals surface area contributed by atoms with Crippen LogP contribution in [0.25, 0.3) is 0 Å². The van der Waals surface area contributed by atoms with E-state index in [2.05, 4.69) is 10.3 Å². The Morgan fingerprint density at radius 3 is 2.86 bits per heavy atom. The van der Waals surface area contributed by atoms with Crippen LogP contribution < -0.4 is 5.32 Å². The summed E-state index contributed by atoms with van der Waals surface area (Å²) in [5.74, 6) is -0.298. The van der Waals surface area contributed by atoms with Crippen molar-refractivity contribution in [1.29, 1.82) is 0 Å². The molecule has 1 aromatic rings. The summed E-state index contributed by atoms with van der Waals surface area (Å²) in [4.78, 5) is 4.01. The molecule has 0 amide bonds. The molecular weight excluding hydrogens is 183 g/mol. The molecule has 1 unspecified atom stereocenters. The van der Waals surface area contributed by atoms with Crippen LogP contribution >= 0.6 is 0 Å². The van der Waals surface area contributed by atoms with E-state index in [1.54, 1.807) is 6.07 Å². The van der Waals surface area contributed by atoms with Crippen molar-refractivity contribution < 1.29 is 9.13 Å². The molecule has 3 nitrogen and oxygen atoms in total. The number of ether oxygens (including phenoxy) is 1. The Balaban J connectivity index is 1.95. The molecular formula is C10H13FN2O. The first kappa shape index (κ1) is 9.55. The highest BCUT2D eigenvalue weighted by Gasteiger charge is 2.20. The Morgan fingerprint density at radius 2 is 2.36 bits per heavy atom. The van der Waals surface area contributed by atoms with Crippen LogP contribution in [0.2, 0.25) is 0 Å². The van der Waals surface area contributed by atoms with Crippen molar-refractivity contribution in [2.24, 2.45) is 0 Å². The quantitative estimate of drug-likeness (QED) is 0.790. The maximum atomic E-state index is 12.6. The van der Waals surface area contributed by atoms with E-state index in [0.717, 1.165) is 18.9 Å². The zero-order valence-electron chi connectivity index (χ0n) is 8.03. The smallest absolute Gasteiger partial charge is 0.141 e. The monoisotopic (exact) mass is 196 g/mol. The Morgan fingerprint density at radius 1 is 1.57 bits per heavy atom. The van der Waals surface area contributed by atoms with Gasteiger partial charge in [0.2, 0.25) is 0 Å². The summed E-state index contributed by atoms with van der Waals surface area (Å²) in [7, 11) is 0. The van der Waals surface area contributed by atoms with Crippen molar-refractivity contribution >= 4 is 0 Å². The van der Waals surface area contributed by atoms with Crippen LogP contribution in [0.5, 0.6) is 0 Å². The molecule has 0 spiro atoms. The van der Waals surface area contributed by atoms with Crippen LogP contribution in [0.4, 0.5) is 4.39 Å². The predicted octanol–water partition coefficient (Wildman–Crippen LogP) is 1.27. The minimum Gasteiger partial charge on any atom is -0.378 e. The fourth-order valence-corrected chi connectivity index (χ4v) is 1.41. The molecule has 76 valence electrons. The third-order valence-corrected chi connectivity index (χ3v) is 2.32. The second-order valence-electron chi connectivity index (χ2n) is 3.52. The van der Waals surface area contributed by atoms with E-state index in [1.807, 2.05) is 6.92 Å². The third-order valence-electron chi connectivity index (χ3n) is 2.32. The molecule has 1 aromatic heterocycles. The van der Waals surface area contributed by atoms with Gasteiger partial charge in [-0.25, -0.2) is 4.39 Å². The maximum Gasteiger partial charge on any atom is 0.141 e. The zero-order valence-corrected chi connectivity index (χ0v) is 8.03. The number of hydrogen-bond acceptors (Lipinski definition) is 3. The highest BCUT2D eigenvalue weighted by atomic mass is 19.1. The number of hydrogen-bond donors (Lipinski definition) is 1. The van der Waals surface area contributed by atoms with Gasteiger partial charge in [0.05, 0.1) is 31.1 Å². The summed E-state index contributed by atoms with van der Waals surface area (Å²) >= 11 is 0. The fraction of sp³-hybridized carbons (Fsp3) is 0.500. The number of nitrogens with one attached hydrogen (secondary N) is 1. The van der Waals surface area contributed by atoms with E-state index < -0.39 is 0 Å². The molecule has 1 saturated heterocycles. The molecule has 0 aromatic carbocycles. The van der Waals surface area contributed by atoms with Crippen LogP contribution in [0.3, 0.4) is 0 Å². The number of rotatable bonds is 3. The van der Waals surface area contributed by atoms with Crippen LogP contribution in [0.1, 0.15) is 18.7 Å². The van der Waals surface area contributed by atoms with Crippen molar-refractivity contribution in [3.8, 4) is 0 Å². The Kier molecular flexibility index (Phi) is 2.74. The van der Waals surface area contributed by atoms with E-state index in [9.17, 15) is 4.39 Å². The predicted molar refractivity (Wildman–Crippen MR) is 50.4 cm³/mol. The number of halogens is 1. The van der Waals surface area contributed by atoms with E-state index >= 15 is 0 Å². The number of aromatic nitrogens is 1. The van der Waals surface area contributed by atoms with E-state index in [1.165, 1.54) is 12.3 Å². The molecule has 0 aliphatic carbocycles. The molecule has 0 radical (unpaired) electrons. The van der Waals surface area contributed by atoms with Crippen LogP contribution in [-0.4, -0.2) is 24.2 Å². The van der Waals surface area contributed by atoms with Crippen molar-refractivity contribution in [3.63, 3.8) is 0 Å². The van der Waals surface area contributed by atoms with Gasteiger partial charge >= 0.3 is 0 Å². The van der Waals surface area contributed by atoms with Gasteiger partial charge in [0.1, 0.15) is 5.82 Å². The van der Waals surface area contributed by atoms with Gasteiger partial charge in [-0.05, 0) is 19.1 Å². The summed E-state index contributed by atoms with van der Waals surface area (Å²) in [5.41, 5.74) is 0.860. The molecule has 1 aliphatic heterocycles. The molecule has 2 rings (SSSR count). The molecule has 0 bridgehead atoms. The first-order chi connectivity index (χ1) is 6.75. The second-order valence-corrected chi connectivity index (χ2v) is 3.52. The fourth-order valence-electron chi connectivity index (χ4n) is 1.41. The van der Waals surface area contributed by atoms with Crippen molar-refractivity contribution in [1.82, 2.24) is 10.3 Å². The molecule has 2 heterocycles. The number of nitrogens with zero attached hydrogens (tertiary/aromatic N) is 1. The zero-order chi connectivity index (χ0) is 9.97. The normalized spacial score (nSPS) is 19.0. The van der Waals surface area contributed by atoms with Crippen LogP contribution in [0.15, 0.2) is 18.3 Å². The second kappa shape index (κ2) is 4.02. The standard InChI is InChI=1S/C10H13FN2O/c1-7(13-9-5-14-6-9)10-3-2-8(11)4-12-10/h2-4,7,9,13H,5-6H2,1H3. The largest absolute Gasteiger partial charge is 0.378 e. The highest BCUT2D eigenvalue weighted by molar-refractivity contribution is 5.09. The average Bonchev–Trinajstić information content (AvgIpc) is 2.12. The number of pyridine rings is 1. The topological polar surface area (TPSA) is 34.1 Å². The van der Waals surface area contributed by atoms with Crippen LogP contribution in [0, 0.1) is 5.82 Å². The summed E-state index contributed by atoms with van der Waals surface area (Å²) in [6.45, 7) is 3.52. The van der Waals surface area contributed by atoms with Crippen molar-refractivity contribution in [2.75, 3.05) is 13.2 Å². The highest BCUT2D eigenvalue weighted by Crippen LogP contribution is 2.12. The lowest BCUT2D eigenvalue weighted by atomic mass is 10.1. The lowest BCUT2D eigenvalue weighted by Gasteiger charge is -2.29. The van der Waals surface area contributed by atoms with Gasteiger partial charge in [0.15, 0.2) is 0 Å². The summed E-state index contributed by atoms with van der Waals surface area (Å²) in [6, 6.07) is 3.69. The van der Waals surface area contributed by atoms with Gasteiger partial charge in [0.25, 0.3) is 0 Å². The molecule has 1 atom stereocenters. The Labute approximate surface area is 82.3 Å². The molecule has 1 aliphatic rings. The molecule has 4 heteroatoms. The van der Waals surface area contributed by atoms with Crippen LogP contribution in [-0.2, 0) is 4.74 Å². The lowest BCUT2D eigenvalue weighted by molar-refractivity contribution is -0.00944. The first-order valence-electron chi connectivity index (χ1n) is 4.71. The molecule has 1 N–H and O–H groups in total. The van der Waals surface area contributed by atoms with Gasteiger partial charge in [0, 0.05) is 6.04 Å². The summed E-state index contributed by atoms with van der Waals surface area (Å²) in [6.07, 6.45) is 1.24. The average molecular weight is 196 g/mol.